The molecule has 4 aromatic rings. The fourth-order valence-electron chi connectivity index (χ4n) is 5.88. The maximum atomic E-state index is 12.4. The third-order valence-electron chi connectivity index (χ3n) is 8.20. The fourth-order valence-corrected chi connectivity index (χ4v) is 6.00. The van der Waals surface area contributed by atoms with Crippen LogP contribution in [-0.4, -0.2) is 52.8 Å². The Labute approximate surface area is 272 Å². The van der Waals surface area contributed by atoms with Gasteiger partial charge in [-0.05, 0) is 100 Å². The molecule has 0 heterocycles. The number of halogens is 1. The lowest BCUT2D eigenvalue weighted by Crippen LogP contribution is -2.38. The highest BCUT2D eigenvalue weighted by atomic mass is 35.5. The Bertz CT molecular complexity index is 1520. The van der Waals surface area contributed by atoms with E-state index in [4.69, 9.17) is 16.3 Å². The van der Waals surface area contributed by atoms with Gasteiger partial charge in [-0.2, -0.15) is 0 Å². The Morgan fingerprint density at radius 3 is 2.22 bits per heavy atom. The van der Waals surface area contributed by atoms with Crippen molar-refractivity contribution in [2.45, 2.75) is 65.0 Å². The number of hydrogen-bond donors (Lipinski definition) is 3. The summed E-state index contributed by atoms with van der Waals surface area (Å²) in [4.78, 5) is 14.9. The second-order valence-electron chi connectivity index (χ2n) is 11.9. The van der Waals surface area contributed by atoms with Crippen molar-refractivity contribution < 1.29 is 19.7 Å². The van der Waals surface area contributed by atoms with E-state index in [1.807, 2.05) is 36.4 Å². The van der Waals surface area contributed by atoms with E-state index in [1.54, 1.807) is 12.1 Å². The molecule has 1 unspecified atom stereocenters. The molecule has 0 radical (unpaired) electrons. The number of rotatable bonds is 15. The molecule has 0 aliphatic heterocycles. The minimum absolute atomic E-state index is 0.0626. The van der Waals surface area contributed by atoms with Crippen LogP contribution >= 0.6 is 11.6 Å². The van der Waals surface area contributed by atoms with Gasteiger partial charge in [0, 0.05) is 42.1 Å². The summed E-state index contributed by atoms with van der Waals surface area (Å²) in [6.07, 6.45) is 2.22. The van der Waals surface area contributed by atoms with Crippen molar-refractivity contribution in [3.63, 3.8) is 0 Å². The van der Waals surface area contributed by atoms with Crippen LogP contribution in [0.15, 0.2) is 91.0 Å². The van der Waals surface area contributed by atoms with Crippen molar-refractivity contribution >= 4 is 17.5 Å². The summed E-state index contributed by atoms with van der Waals surface area (Å²) in [5, 5.41) is 24.0. The molecule has 0 aliphatic rings. The van der Waals surface area contributed by atoms with E-state index < -0.39 is 0 Å². The minimum atomic E-state index is -0.264. The Hall–Kier alpha value is -4.00. The van der Waals surface area contributed by atoms with E-state index in [0.29, 0.717) is 49.4 Å². The normalized spacial score (nSPS) is 12.1. The topological polar surface area (TPSA) is 82.0 Å². The quantitative estimate of drug-likeness (QED) is 0.124. The van der Waals surface area contributed by atoms with Gasteiger partial charge in [0.1, 0.15) is 17.2 Å². The predicted octanol–water partition coefficient (Wildman–Crippen LogP) is 7.99. The maximum Gasteiger partial charge on any atom is 0.251 e. The van der Waals surface area contributed by atoms with E-state index in [2.05, 4.69) is 68.2 Å². The van der Waals surface area contributed by atoms with Crippen molar-refractivity contribution in [3.05, 3.63) is 124 Å². The van der Waals surface area contributed by atoms with E-state index in [1.165, 1.54) is 17.7 Å². The Kier molecular flexibility index (Phi) is 12.3. The molecular formula is C38H45ClN2O4. The molecule has 1 amide bonds. The minimum Gasteiger partial charge on any atom is -0.508 e. The number of nitrogens with zero attached hydrogens (tertiary/aromatic N) is 1. The van der Waals surface area contributed by atoms with E-state index in [0.717, 1.165) is 35.4 Å². The monoisotopic (exact) mass is 628 g/mol. The number of carbonyl (C=O) groups is 1. The first-order valence-corrected chi connectivity index (χ1v) is 16.1. The predicted molar refractivity (Wildman–Crippen MR) is 183 cm³/mol. The van der Waals surface area contributed by atoms with Gasteiger partial charge < -0.3 is 20.3 Å². The first-order valence-electron chi connectivity index (χ1n) is 15.7. The third kappa shape index (κ3) is 9.49. The molecule has 0 spiro atoms. The Morgan fingerprint density at radius 2 is 1.56 bits per heavy atom. The smallest absolute Gasteiger partial charge is 0.251 e. The van der Waals surface area contributed by atoms with Gasteiger partial charge >= 0.3 is 0 Å². The number of ether oxygens (including phenoxy) is 1. The number of hydrogen-bond acceptors (Lipinski definition) is 5. The Balaban J connectivity index is 1.37. The van der Waals surface area contributed by atoms with Crippen LogP contribution in [-0.2, 0) is 12.8 Å². The number of nitrogens with one attached hydrogen (secondary N) is 1. The van der Waals surface area contributed by atoms with E-state index >= 15 is 0 Å². The van der Waals surface area contributed by atoms with Crippen LogP contribution in [0.25, 0.3) is 0 Å². The van der Waals surface area contributed by atoms with Gasteiger partial charge in [-0.25, -0.2) is 0 Å². The molecule has 0 fully saturated rings. The van der Waals surface area contributed by atoms with E-state index in [9.17, 15) is 15.0 Å². The lowest BCUT2D eigenvalue weighted by atomic mass is 9.84. The maximum absolute atomic E-state index is 12.4. The first-order chi connectivity index (χ1) is 21.6. The molecule has 4 aromatic carbocycles. The number of benzene rings is 4. The molecule has 0 saturated carbocycles. The molecule has 0 aliphatic carbocycles. The number of phenolic OH excluding ortho intramolecular Hbond substituents is 2. The van der Waals surface area contributed by atoms with Crippen molar-refractivity contribution in [2.75, 3.05) is 19.7 Å². The van der Waals surface area contributed by atoms with Gasteiger partial charge in [-0.1, -0.05) is 66.2 Å². The highest BCUT2D eigenvalue weighted by Gasteiger charge is 2.23. The van der Waals surface area contributed by atoms with Gasteiger partial charge in [0.2, 0.25) is 0 Å². The summed E-state index contributed by atoms with van der Waals surface area (Å²) < 4.78 is 6.13. The standard InChI is InChI=1S/C38H45ClN2O4/c1-26(2)41(27(3)4)23-20-33(29-9-6-5-7-10-29)37-30(11-8-12-35(37)42)21-24-45-32-16-13-28(14-17-32)19-22-40-38(44)31-15-18-34(39)36(43)25-31/h5-18,25-27,33,42-43H,19-24H2,1-4H3,(H,40,44). The average Bonchev–Trinajstić information content (AvgIpc) is 3.02. The lowest BCUT2D eigenvalue weighted by molar-refractivity contribution is 0.0953. The summed E-state index contributed by atoms with van der Waals surface area (Å²) in [5.74, 6) is 0.778. The zero-order chi connectivity index (χ0) is 32.3. The highest BCUT2D eigenvalue weighted by molar-refractivity contribution is 6.32. The van der Waals surface area contributed by atoms with Crippen LogP contribution in [0.5, 0.6) is 17.2 Å². The van der Waals surface area contributed by atoms with Gasteiger partial charge in [0.05, 0.1) is 11.6 Å². The molecule has 3 N–H and O–H groups in total. The van der Waals surface area contributed by atoms with Crippen LogP contribution in [0, 0.1) is 0 Å². The molecule has 238 valence electrons. The highest BCUT2D eigenvalue weighted by Crippen LogP contribution is 2.37. The molecule has 45 heavy (non-hydrogen) atoms. The van der Waals surface area contributed by atoms with Crippen LogP contribution in [0.4, 0.5) is 0 Å². The number of carbonyl (C=O) groups excluding carboxylic acids is 1. The van der Waals surface area contributed by atoms with Crippen LogP contribution in [0.3, 0.4) is 0 Å². The summed E-state index contributed by atoms with van der Waals surface area (Å²) in [6.45, 7) is 10.8. The molecule has 4 rings (SSSR count). The van der Waals surface area contributed by atoms with Crippen LogP contribution in [0.2, 0.25) is 5.02 Å². The number of aromatic hydroxyl groups is 2. The third-order valence-corrected chi connectivity index (χ3v) is 8.52. The second-order valence-corrected chi connectivity index (χ2v) is 12.3. The van der Waals surface area contributed by atoms with Crippen molar-refractivity contribution in [2.24, 2.45) is 0 Å². The van der Waals surface area contributed by atoms with Crippen molar-refractivity contribution in [3.8, 4) is 17.2 Å². The second kappa shape index (κ2) is 16.4. The molecule has 1 atom stereocenters. The van der Waals surface area contributed by atoms with Crippen LogP contribution in [0.1, 0.15) is 72.6 Å². The average molecular weight is 629 g/mol. The molecule has 0 saturated heterocycles. The summed E-state index contributed by atoms with van der Waals surface area (Å²) in [5.41, 5.74) is 4.70. The summed E-state index contributed by atoms with van der Waals surface area (Å²) in [7, 11) is 0. The zero-order valence-electron chi connectivity index (χ0n) is 26.7. The van der Waals surface area contributed by atoms with Crippen molar-refractivity contribution in [1.82, 2.24) is 10.2 Å². The Morgan fingerprint density at radius 1 is 0.844 bits per heavy atom. The first kappa shape index (κ1) is 33.9. The summed E-state index contributed by atoms with van der Waals surface area (Å²) in [6, 6.07) is 29.5. The largest absolute Gasteiger partial charge is 0.508 e. The van der Waals surface area contributed by atoms with Gasteiger partial charge in [0.15, 0.2) is 0 Å². The summed E-state index contributed by atoms with van der Waals surface area (Å²) >= 11 is 5.83. The SMILES string of the molecule is CC(C)N(CCC(c1ccccc1)c1c(O)cccc1CCOc1ccc(CCNC(=O)c2ccc(Cl)c(O)c2)cc1)C(C)C. The van der Waals surface area contributed by atoms with E-state index in [-0.39, 0.29) is 22.6 Å². The van der Waals surface area contributed by atoms with Crippen molar-refractivity contribution in [1.29, 1.82) is 0 Å². The van der Waals surface area contributed by atoms with Gasteiger partial charge in [-0.15, -0.1) is 0 Å². The fraction of sp³-hybridized carbons (Fsp3) is 0.342. The number of phenols is 2. The molecular weight excluding hydrogens is 584 g/mol. The molecule has 6 nitrogen and oxygen atoms in total. The van der Waals surface area contributed by atoms with Gasteiger partial charge in [0.25, 0.3) is 5.91 Å². The van der Waals surface area contributed by atoms with Gasteiger partial charge in [-0.3, -0.25) is 9.69 Å². The zero-order valence-corrected chi connectivity index (χ0v) is 27.4. The molecule has 7 heteroatoms. The molecule has 0 aromatic heterocycles. The lowest BCUT2D eigenvalue weighted by Gasteiger charge is -2.32. The number of amides is 1. The molecule has 0 bridgehead atoms. The van der Waals surface area contributed by atoms with Crippen LogP contribution < -0.4 is 10.1 Å².